The number of nitrogens with zero attached hydrogens (tertiary/aromatic N) is 1. The van der Waals surface area contributed by atoms with Gasteiger partial charge in [0.25, 0.3) is 0 Å². The number of carbonyl (C=O) groups is 2. The fourth-order valence-electron chi connectivity index (χ4n) is 2.31. The molecule has 5 nitrogen and oxygen atoms in total. The van der Waals surface area contributed by atoms with Crippen LogP contribution in [0.4, 0.5) is 0 Å². The van der Waals surface area contributed by atoms with Gasteiger partial charge in [-0.3, -0.25) is 0 Å². The molecule has 1 fully saturated rings. The Morgan fingerprint density at radius 2 is 2.06 bits per heavy atom. The highest BCUT2D eigenvalue weighted by molar-refractivity contribution is 8.05. The molecule has 0 aromatic carbocycles. The van der Waals surface area contributed by atoms with Gasteiger partial charge in [-0.1, -0.05) is 0 Å². The van der Waals surface area contributed by atoms with Gasteiger partial charge in [0, 0.05) is 10.9 Å². The van der Waals surface area contributed by atoms with Crippen LogP contribution in [0.2, 0.25) is 0 Å². The van der Waals surface area contributed by atoms with Crippen molar-refractivity contribution >= 4 is 23.7 Å². The number of fused-ring (bicyclic) bond motifs is 1. The summed E-state index contributed by atoms with van der Waals surface area (Å²) >= 11 is 1.35. The molecule has 0 unspecified atom stereocenters. The molecule has 0 saturated carbocycles. The number of cyclic esters (lactones) is 1. The van der Waals surface area contributed by atoms with E-state index in [-0.39, 0.29) is 18.0 Å². The minimum absolute atomic E-state index is 0.252. The molecule has 0 spiro atoms. The number of carbonyl (C=O) groups excluding carboxylic acids is 2. The number of hydrogen-bond donors (Lipinski definition) is 0. The molecule has 1 atom stereocenters. The first-order chi connectivity index (χ1) is 8.19. The minimum atomic E-state index is -0.737. The first kappa shape index (κ1) is 13.3. The Labute approximate surface area is 110 Å². The molecular formula is C12H17NO4S. The first-order valence-electron chi connectivity index (χ1n) is 5.69. The van der Waals surface area contributed by atoms with E-state index < -0.39 is 10.5 Å². The Morgan fingerprint density at radius 1 is 1.44 bits per heavy atom. The highest BCUT2D eigenvalue weighted by atomic mass is 32.2. The Kier molecular flexibility index (Phi) is 2.88. The quantitative estimate of drug-likeness (QED) is 0.673. The van der Waals surface area contributed by atoms with Crippen LogP contribution in [-0.2, 0) is 19.1 Å². The molecule has 0 aromatic rings. The summed E-state index contributed by atoms with van der Waals surface area (Å²) in [5.74, 6) is -0.640. The summed E-state index contributed by atoms with van der Waals surface area (Å²) in [5, 5.41) is 0. The van der Waals surface area contributed by atoms with Crippen LogP contribution in [-0.4, -0.2) is 40.5 Å². The number of esters is 2. The van der Waals surface area contributed by atoms with Gasteiger partial charge in [0.15, 0.2) is 5.72 Å². The van der Waals surface area contributed by atoms with Gasteiger partial charge in [-0.2, -0.15) is 0 Å². The third-order valence-electron chi connectivity index (χ3n) is 3.15. The maximum absolute atomic E-state index is 12.0. The van der Waals surface area contributed by atoms with Crippen molar-refractivity contribution in [3.05, 3.63) is 11.1 Å². The molecule has 2 aliphatic heterocycles. The Bertz CT molecular complexity index is 441. The lowest BCUT2D eigenvalue weighted by Crippen LogP contribution is -2.52. The average molecular weight is 271 g/mol. The van der Waals surface area contributed by atoms with Gasteiger partial charge in [-0.05, 0) is 27.7 Å². The lowest BCUT2D eigenvalue weighted by molar-refractivity contribution is -0.148. The van der Waals surface area contributed by atoms with Crippen LogP contribution < -0.4 is 0 Å². The van der Waals surface area contributed by atoms with Crippen molar-refractivity contribution < 1.29 is 19.1 Å². The first-order valence-corrected chi connectivity index (χ1v) is 6.51. The maximum Gasteiger partial charge on any atom is 0.345 e. The lowest BCUT2D eigenvalue weighted by Gasteiger charge is -2.41. The average Bonchev–Trinajstić information content (AvgIpc) is 2.47. The van der Waals surface area contributed by atoms with E-state index in [0.717, 1.165) is 0 Å². The molecule has 6 heteroatoms. The molecule has 0 aromatic heterocycles. The molecule has 2 rings (SSSR count). The molecule has 2 aliphatic rings. The summed E-state index contributed by atoms with van der Waals surface area (Å²) in [6.45, 7) is 7.46. The number of hydrogen-bond acceptors (Lipinski definition) is 6. The highest BCUT2D eigenvalue weighted by Crippen LogP contribution is 2.47. The van der Waals surface area contributed by atoms with Crippen molar-refractivity contribution in [1.29, 1.82) is 0 Å². The summed E-state index contributed by atoms with van der Waals surface area (Å²) in [6, 6.07) is -0.383. The second-order valence-electron chi connectivity index (χ2n) is 5.37. The highest BCUT2D eigenvalue weighted by Gasteiger charge is 2.56. The summed E-state index contributed by atoms with van der Waals surface area (Å²) in [7, 11) is 1.35. The van der Waals surface area contributed by atoms with Crippen LogP contribution in [0, 0.1) is 0 Å². The number of methoxy groups -OCH3 is 1. The molecule has 0 radical (unpaired) electrons. The van der Waals surface area contributed by atoms with E-state index in [1.165, 1.54) is 18.9 Å². The Hall–Kier alpha value is -1.17. The van der Waals surface area contributed by atoms with E-state index in [9.17, 15) is 9.59 Å². The van der Waals surface area contributed by atoms with E-state index in [2.05, 4.69) is 0 Å². The lowest BCUT2D eigenvalue weighted by atomic mass is 10.0. The van der Waals surface area contributed by atoms with E-state index in [1.807, 2.05) is 27.7 Å². The fourth-order valence-corrected chi connectivity index (χ4v) is 3.54. The van der Waals surface area contributed by atoms with E-state index in [0.29, 0.717) is 4.91 Å². The van der Waals surface area contributed by atoms with Crippen molar-refractivity contribution in [1.82, 2.24) is 4.90 Å². The zero-order valence-corrected chi connectivity index (χ0v) is 12.0. The largest absolute Gasteiger partial charge is 0.465 e. The minimum Gasteiger partial charge on any atom is -0.465 e. The Morgan fingerprint density at radius 3 is 2.61 bits per heavy atom. The summed E-state index contributed by atoms with van der Waals surface area (Å²) in [4.78, 5) is 25.9. The number of ether oxygens (including phenoxy) is 2. The summed E-state index contributed by atoms with van der Waals surface area (Å²) in [6.07, 6.45) is 1.66. The van der Waals surface area contributed by atoms with Crippen molar-refractivity contribution in [2.24, 2.45) is 0 Å². The Balaban J connectivity index is 2.46. The normalized spacial score (nSPS) is 28.3. The van der Waals surface area contributed by atoms with Crippen molar-refractivity contribution in [2.75, 3.05) is 7.11 Å². The molecule has 0 bridgehead atoms. The fraction of sp³-hybridized carbons (Fsp3) is 0.667. The predicted octanol–water partition coefficient (Wildman–Crippen LogP) is 1.49. The van der Waals surface area contributed by atoms with E-state index in [1.54, 1.807) is 11.1 Å². The van der Waals surface area contributed by atoms with Crippen molar-refractivity contribution in [3.8, 4) is 0 Å². The molecule has 0 aliphatic carbocycles. The molecule has 0 amide bonds. The molecule has 1 saturated heterocycles. The van der Waals surface area contributed by atoms with Gasteiger partial charge in [0.1, 0.15) is 10.9 Å². The predicted molar refractivity (Wildman–Crippen MR) is 67.6 cm³/mol. The monoisotopic (exact) mass is 271 g/mol. The van der Waals surface area contributed by atoms with Crippen LogP contribution >= 0.6 is 11.8 Å². The molecule has 2 heterocycles. The van der Waals surface area contributed by atoms with Crippen molar-refractivity contribution in [3.63, 3.8) is 0 Å². The van der Waals surface area contributed by atoms with Gasteiger partial charge in [-0.15, -0.1) is 11.8 Å². The van der Waals surface area contributed by atoms with Crippen LogP contribution in [0.15, 0.2) is 11.1 Å². The second-order valence-corrected chi connectivity index (χ2v) is 7.06. The zero-order valence-electron chi connectivity index (χ0n) is 11.1. The molecular weight excluding hydrogens is 254 g/mol. The van der Waals surface area contributed by atoms with Gasteiger partial charge in [0.2, 0.25) is 0 Å². The number of thioether (sulfide) groups is 1. The van der Waals surface area contributed by atoms with Crippen LogP contribution in [0.25, 0.3) is 0 Å². The van der Waals surface area contributed by atoms with Gasteiger partial charge >= 0.3 is 11.9 Å². The standard InChI is InChI=1S/C12H17NO4S/c1-11(2)8-10(15)17-12(3,4)13(8)6-7(18-11)9(14)16-5/h6,8H,1-5H3/t8-/m0/s1. The third kappa shape index (κ3) is 1.88. The van der Waals surface area contributed by atoms with Gasteiger partial charge in [0.05, 0.1) is 7.11 Å². The third-order valence-corrected chi connectivity index (χ3v) is 4.39. The summed E-state index contributed by atoms with van der Waals surface area (Å²) < 4.78 is 9.67. The smallest absolute Gasteiger partial charge is 0.345 e. The molecule has 18 heavy (non-hydrogen) atoms. The van der Waals surface area contributed by atoms with E-state index in [4.69, 9.17) is 9.47 Å². The van der Waals surface area contributed by atoms with E-state index >= 15 is 0 Å². The van der Waals surface area contributed by atoms with Gasteiger partial charge in [-0.25, -0.2) is 9.59 Å². The van der Waals surface area contributed by atoms with Gasteiger partial charge < -0.3 is 14.4 Å². The summed E-state index contributed by atoms with van der Waals surface area (Å²) in [5.41, 5.74) is -0.737. The van der Waals surface area contributed by atoms with Crippen LogP contribution in [0.3, 0.4) is 0 Å². The second kappa shape index (κ2) is 3.91. The maximum atomic E-state index is 12.0. The zero-order chi connectivity index (χ0) is 13.7. The van der Waals surface area contributed by atoms with Crippen molar-refractivity contribution in [2.45, 2.75) is 44.2 Å². The topological polar surface area (TPSA) is 55.8 Å². The number of rotatable bonds is 1. The van der Waals surface area contributed by atoms with Crippen LogP contribution in [0.5, 0.6) is 0 Å². The molecule has 100 valence electrons. The molecule has 0 N–H and O–H groups in total. The van der Waals surface area contributed by atoms with Crippen LogP contribution in [0.1, 0.15) is 27.7 Å². The SMILES string of the molecule is COC(=O)C1=CN2[C@@H](C(=O)OC2(C)C)C(C)(C)S1.